The van der Waals surface area contributed by atoms with Gasteiger partial charge in [-0.05, 0) is 38.8 Å². The third kappa shape index (κ3) is 2.72. The van der Waals surface area contributed by atoms with Crippen molar-refractivity contribution < 1.29 is 0 Å². The minimum absolute atomic E-state index is 0.799. The molecule has 84 valence electrons. The summed E-state index contributed by atoms with van der Waals surface area (Å²) in [4.78, 5) is 4.31. The van der Waals surface area contributed by atoms with Gasteiger partial charge >= 0.3 is 0 Å². The van der Waals surface area contributed by atoms with Gasteiger partial charge in [0.25, 0.3) is 0 Å². The summed E-state index contributed by atoms with van der Waals surface area (Å²) in [7, 11) is 0. The van der Waals surface area contributed by atoms with Crippen molar-refractivity contribution in [1.82, 2.24) is 14.9 Å². The molecule has 0 aromatic carbocycles. The molecule has 0 aliphatic carbocycles. The van der Waals surface area contributed by atoms with Crippen LogP contribution in [-0.4, -0.2) is 29.2 Å². The quantitative estimate of drug-likeness (QED) is 0.784. The van der Waals surface area contributed by atoms with E-state index in [9.17, 15) is 0 Å². The highest BCUT2D eigenvalue weighted by molar-refractivity contribution is 5.25. The largest absolute Gasteiger partial charge is 0.355 e. The molecule has 1 fully saturated rings. The SMILES string of the molecule is CCn1ccnc1NCC1CCNCC1. The van der Waals surface area contributed by atoms with Gasteiger partial charge in [-0.3, -0.25) is 0 Å². The summed E-state index contributed by atoms with van der Waals surface area (Å²) >= 11 is 0. The predicted octanol–water partition coefficient (Wildman–Crippen LogP) is 1.31. The molecule has 2 heterocycles. The Bertz CT molecular complexity index is 289. The number of imidazole rings is 1. The highest BCUT2D eigenvalue weighted by Gasteiger charge is 2.13. The molecule has 1 aliphatic heterocycles. The molecule has 1 aromatic heterocycles. The Morgan fingerprint density at radius 1 is 1.53 bits per heavy atom. The van der Waals surface area contributed by atoms with Crippen LogP contribution in [0, 0.1) is 5.92 Å². The van der Waals surface area contributed by atoms with E-state index in [1.807, 2.05) is 12.4 Å². The number of hydrogen-bond acceptors (Lipinski definition) is 3. The molecule has 2 rings (SSSR count). The minimum atomic E-state index is 0.799. The second kappa shape index (κ2) is 5.16. The number of nitrogens with zero attached hydrogens (tertiary/aromatic N) is 2. The number of aromatic nitrogens is 2. The molecule has 0 radical (unpaired) electrons. The smallest absolute Gasteiger partial charge is 0.202 e. The fourth-order valence-corrected chi connectivity index (χ4v) is 2.05. The van der Waals surface area contributed by atoms with E-state index in [1.165, 1.54) is 12.8 Å². The summed E-state index contributed by atoms with van der Waals surface area (Å²) in [5.41, 5.74) is 0. The van der Waals surface area contributed by atoms with E-state index < -0.39 is 0 Å². The Morgan fingerprint density at radius 2 is 2.33 bits per heavy atom. The molecule has 1 saturated heterocycles. The van der Waals surface area contributed by atoms with Gasteiger partial charge in [-0.25, -0.2) is 4.98 Å². The van der Waals surface area contributed by atoms with Gasteiger partial charge in [0.2, 0.25) is 5.95 Å². The second-order valence-corrected chi connectivity index (χ2v) is 4.11. The fourth-order valence-electron chi connectivity index (χ4n) is 2.05. The van der Waals surface area contributed by atoms with Crippen molar-refractivity contribution >= 4 is 5.95 Å². The molecule has 2 N–H and O–H groups in total. The van der Waals surface area contributed by atoms with Gasteiger partial charge in [0, 0.05) is 25.5 Å². The molecule has 0 spiro atoms. The van der Waals surface area contributed by atoms with Gasteiger partial charge in [0.15, 0.2) is 0 Å². The molecule has 0 atom stereocenters. The molecule has 0 bridgehead atoms. The first-order valence-corrected chi connectivity index (χ1v) is 5.86. The topological polar surface area (TPSA) is 41.9 Å². The highest BCUT2D eigenvalue weighted by Crippen LogP contribution is 2.13. The second-order valence-electron chi connectivity index (χ2n) is 4.11. The number of rotatable bonds is 4. The lowest BCUT2D eigenvalue weighted by atomic mass is 9.98. The summed E-state index contributed by atoms with van der Waals surface area (Å²) in [6, 6.07) is 0. The zero-order chi connectivity index (χ0) is 10.5. The molecule has 15 heavy (non-hydrogen) atoms. The Labute approximate surface area is 91.1 Å². The lowest BCUT2D eigenvalue weighted by Crippen LogP contribution is -2.31. The Morgan fingerprint density at radius 3 is 3.07 bits per heavy atom. The highest BCUT2D eigenvalue weighted by atomic mass is 15.2. The van der Waals surface area contributed by atoms with Crippen LogP contribution in [0.5, 0.6) is 0 Å². The molecule has 0 saturated carbocycles. The summed E-state index contributed by atoms with van der Waals surface area (Å²) in [5, 5.41) is 6.82. The van der Waals surface area contributed by atoms with E-state index >= 15 is 0 Å². The van der Waals surface area contributed by atoms with E-state index in [4.69, 9.17) is 0 Å². The normalized spacial score (nSPS) is 17.9. The van der Waals surface area contributed by atoms with E-state index in [2.05, 4.69) is 27.1 Å². The first-order chi connectivity index (χ1) is 7.40. The molecule has 4 nitrogen and oxygen atoms in total. The van der Waals surface area contributed by atoms with E-state index in [0.29, 0.717) is 0 Å². The molecule has 0 unspecified atom stereocenters. The van der Waals surface area contributed by atoms with Crippen LogP contribution >= 0.6 is 0 Å². The van der Waals surface area contributed by atoms with Crippen LogP contribution in [-0.2, 0) is 6.54 Å². The van der Waals surface area contributed by atoms with Gasteiger partial charge in [-0.1, -0.05) is 0 Å². The standard InChI is InChI=1S/C11H20N4/c1-2-15-8-7-13-11(15)14-9-10-3-5-12-6-4-10/h7-8,10,12H,2-6,9H2,1H3,(H,13,14). The first kappa shape index (κ1) is 10.5. The van der Waals surface area contributed by atoms with Crippen LogP contribution < -0.4 is 10.6 Å². The van der Waals surface area contributed by atoms with Crippen LogP contribution in [0.25, 0.3) is 0 Å². The lowest BCUT2D eigenvalue weighted by Gasteiger charge is -2.23. The molecule has 0 amide bonds. The molecular formula is C11H20N4. The zero-order valence-corrected chi connectivity index (χ0v) is 9.37. The molecular weight excluding hydrogens is 188 g/mol. The number of nitrogens with one attached hydrogen (secondary N) is 2. The maximum Gasteiger partial charge on any atom is 0.202 e. The molecule has 1 aromatic rings. The van der Waals surface area contributed by atoms with Crippen LogP contribution in [0.1, 0.15) is 19.8 Å². The van der Waals surface area contributed by atoms with Crippen LogP contribution in [0.3, 0.4) is 0 Å². The average Bonchev–Trinajstić information content (AvgIpc) is 2.75. The van der Waals surface area contributed by atoms with Crippen molar-refractivity contribution in [2.75, 3.05) is 25.0 Å². The van der Waals surface area contributed by atoms with Crippen molar-refractivity contribution in [3.05, 3.63) is 12.4 Å². The monoisotopic (exact) mass is 208 g/mol. The van der Waals surface area contributed by atoms with Gasteiger partial charge in [-0.15, -0.1) is 0 Å². The number of anilines is 1. The maximum atomic E-state index is 4.31. The maximum absolute atomic E-state index is 4.31. The van der Waals surface area contributed by atoms with Gasteiger partial charge in [0.1, 0.15) is 0 Å². The van der Waals surface area contributed by atoms with Crippen molar-refractivity contribution in [1.29, 1.82) is 0 Å². The fraction of sp³-hybridized carbons (Fsp3) is 0.727. The Balaban J connectivity index is 1.81. The average molecular weight is 208 g/mol. The zero-order valence-electron chi connectivity index (χ0n) is 9.37. The molecule has 4 heteroatoms. The summed E-state index contributed by atoms with van der Waals surface area (Å²) < 4.78 is 2.14. The number of aryl methyl sites for hydroxylation is 1. The van der Waals surface area contributed by atoms with Crippen molar-refractivity contribution in [3.8, 4) is 0 Å². The lowest BCUT2D eigenvalue weighted by molar-refractivity contribution is 0.389. The predicted molar refractivity (Wildman–Crippen MR) is 62.0 cm³/mol. The van der Waals surface area contributed by atoms with Crippen LogP contribution in [0.4, 0.5) is 5.95 Å². The summed E-state index contributed by atoms with van der Waals surface area (Å²) in [5.74, 6) is 1.81. The Kier molecular flexibility index (Phi) is 3.61. The van der Waals surface area contributed by atoms with Crippen molar-refractivity contribution in [2.45, 2.75) is 26.3 Å². The van der Waals surface area contributed by atoms with Crippen molar-refractivity contribution in [2.24, 2.45) is 5.92 Å². The summed E-state index contributed by atoms with van der Waals surface area (Å²) in [6.45, 7) is 6.49. The first-order valence-electron chi connectivity index (χ1n) is 5.86. The number of piperidine rings is 1. The van der Waals surface area contributed by atoms with Gasteiger partial charge in [-0.2, -0.15) is 0 Å². The van der Waals surface area contributed by atoms with E-state index in [0.717, 1.165) is 38.0 Å². The third-order valence-electron chi connectivity index (χ3n) is 3.06. The Hall–Kier alpha value is -1.03. The van der Waals surface area contributed by atoms with E-state index in [-0.39, 0.29) is 0 Å². The van der Waals surface area contributed by atoms with Crippen molar-refractivity contribution in [3.63, 3.8) is 0 Å². The molecule has 1 aliphatic rings. The third-order valence-corrected chi connectivity index (χ3v) is 3.06. The van der Waals surface area contributed by atoms with Gasteiger partial charge in [0.05, 0.1) is 0 Å². The summed E-state index contributed by atoms with van der Waals surface area (Å²) in [6.07, 6.45) is 6.43. The minimum Gasteiger partial charge on any atom is -0.355 e. The van der Waals surface area contributed by atoms with Crippen LogP contribution in [0.2, 0.25) is 0 Å². The van der Waals surface area contributed by atoms with Gasteiger partial charge < -0.3 is 15.2 Å². The number of hydrogen-bond donors (Lipinski definition) is 2. The van der Waals surface area contributed by atoms with E-state index in [1.54, 1.807) is 0 Å². The van der Waals surface area contributed by atoms with Crippen LogP contribution in [0.15, 0.2) is 12.4 Å².